The molecule has 12 heavy (non-hydrogen) atoms. The highest BCUT2D eigenvalue weighted by Gasteiger charge is 2.01. The Morgan fingerprint density at radius 3 is 2.75 bits per heavy atom. The SMILES string of the molecule is C1=Cc2ccccc2ON1.C=O. The van der Waals surface area contributed by atoms with E-state index < -0.39 is 0 Å². The maximum absolute atomic E-state index is 8.00. The van der Waals surface area contributed by atoms with Gasteiger partial charge in [-0.2, -0.15) is 0 Å². The minimum Gasteiger partial charge on any atom is -0.382 e. The normalized spacial score (nSPS) is 11.3. The smallest absolute Gasteiger partial charge is 0.162 e. The van der Waals surface area contributed by atoms with Crippen molar-refractivity contribution in [2.45, 2.75) is 0 Å². The second-order valence-electron chi connectivity index (χ2n) is 2.09. The maximum atomic E-state index is 8.00. The third-order valence-corrected chi connectivity index (χ3v) is 1.42. The quantitative estimate of drug-likeness (QED) is 0.627. The first-order valence-electron chi connectivity index (χ1n) is 3.43. The summed E-state index contributed by atoms with van der Waals surface area (Å²) in [6.45, 7) is 2.00. The van der Waals surface area contributed by atoms with Gasteiger partial charge in [0.25, 0.3) is 0 Å². The van der Waals surface area contributed by atoms with Gasteiger partial charge in [-0.1, -0.05) is 18.2 Å². The molecule has 0 spiro atoms. The Kier molecular flexibility index (Phi) is 2.90. The molecule has 0 aliphatic carbocycles. The Hall–Kier alpha value is -1.77. The molecule has 0 atom stereocenters. The summed E-state index contributed by atoms with van der Waals surface area (Å²) >= 11 is 0. The summed E-state index contributed by atoms with van der Waals surface area (Å²) in [7, 11) is 0. The van der Waals surface area contributed by atoms with Crippen molar-refractivity contribution in [2.24, 2.45) is 0 Å². The van der Waals surface area contributed by atoms with E-state index in [1.165, 1.54) is 0 Å². The number of hydrogen-bond donors (Lipinski definition) is 1. The zero-order chi connectivity index (χ0) is 8.81. The fraction of sp³-hybridized carbons (Fsp3) is 0. The van der Waals surface area contributed by atoms with Crippen LogP contribution in [0.3, 0.4) is 0 Å². The minimum atomic E-state index is 0.880. The van der Waals surface area contributed by atoms with Gasteiger partial charge in [-0.25, -0.2) is 5.48 Å². The second-order valence-corrected chi connectivity index (χ2v) is 2.09. The van der Waals surface area contributed by atoms with Crippen LogP contribution in [0.1, 0.15) is 5.56 Å². The Morgan fingerprint density at radius 2 is 2.00 bits per heavy atom. The lowest BCUT2D eigenvalue weighted by Crippen LogP contribution is -2.13. The lowest BCUT2D eigenvalue weighted by atomic mass is 10.2. The van der Waals surface area contributed by atoms with E-state index in [-0.39, 0.29) is 0 Å². The third kappa shape index (κ3) is 1.63. The lowest BCUT2D eigenvalue weighted by Gasteiger charge is -2.11. The van der Waals surface area contributed by atoms with Crippen molar-refractivity contribution in [3.8, 4) is 5.75 Å². The molecule has 3 nitrogen and oxygen atoms in total. The number of benzene rings is 1. The Balaban J connectivity index is 0.000000336. The molecule has 3 heteroatoms. The van der Waals surface area contributed by atoms with Crippen LogP contribution in [0.5, 0.6) is 5.75 Å². The van der Waals surface area contributed by atoms with E-state index >= 15 is 0 Å². The van der Waals surface area contributed by atoms with Crippen molar-refractivity contribution >= 4 is 12.9 Å². The van der Waals surface area contributed by atoms with Crippen LogP contribution in [-0.4, -0.2) is 6.79 Å². The van der Waals surface area contributed by atoms with E-state index in [0.717, 1.165) is 11.3 Å². The van der Waals surface area contributed by atoms with E-state index in [2.05, 4.69) is 5.48 Å². The summed E-state index contributed by atoms with van der Waals surface area (Å²) in [6.07, 6.45) is 3.74. The van der Waals surface area contributed by atoms with Gasteiger partial charge in [-0.15, -0.1) is 0 Å². The molecular formula is C9H9NO2. The molecule has 0 unspecified atom stereocenters. The highest BCUT2D eigenvalue weighted by molar-refractivity contribution is 5.57. The molecular weight excluding hydrogens is 154 g/mol. The second kappa shape index (κ2) is 4.18. The van der Waals surface area contributed by atoms with Gasteiger partial charge in [0.1, 0.15) is 6.79 Å². The van der Waals surface area contributed by atoms with Crippen molar-refractivity contribution in [1.29, 1.82) is 0 Å². The Morgan fingerprint density at radius 1 is 1.25 bits per heavy atom. The highest BCUT2D eigenvalue weighted by atomic mass is 16.6. The standard InChI is InChI=1S/C8H7NO.CH2O/c1-2-4-8-7(3-1)5-6-9-10-8;1-2/h1-6,9H;1H2. The highest BCUT2D eigenvalue weighted by Crippen LogP contribution is 2.20. The molecule has 1 N–H and O–H groups in total. The number of hydroxylamine groups is 1. The maximum Gasteiger partial charge on any atom is 0.162 e. The van der Waals surface area contributed by atoms with Gasteiger partial charge in [0.15, 0.2) is 5.75 Å². The van der Waals surface area contributed by atoms with Gasteiger partial charge in [-0.3, -0.25) is 0 Å². The number of rotatable bonds is 0. The molecule has 0 aromatic heterocycles. The fourth-order valence-electron chi connectivity index (χ4n) is 0.932. The molecule has 62 valence electrons. The van der Waals surface area contributed by atoms with E-state index in [1.807, 2.05) is 37.1 Å². The first kappa shape index (κ1) is 8.33. The van der Waals surface area contributed by atoms with Crippen LogP contribution in [0.4, 0.5) is 0 Å². The van der Waals surface area contributed by atoms with Crippen LogP contribution in [0.2, 0.25) is 0 Å². The van der Waals surface area contributed by atoms with E-state index in [9.17, 15) is 0 Å². The van der Waals surface area contributed by atoms with Gasteiger partial charge in [-0.05, 0) is 12.1 Å². The predicted molar refractivity (Wildman–Crippen MR) is 46.4 cm³/mol. The van der Waals surface area contributed by atoms with Gasteiger partial charge < -0.3 is 9.63 Å². The molecule has 1 aliphatic rings. The molecule has 1 aromatic rings. The van der Waals surface area contributed by atoms with Crippen LogP contribution in [0.15, 0.2) is 30.5 Å². The van der Waals surface area contributed by atoms with Crippen LogP contribution in [0, 0.1) is 0 Å². The summed E-state index contributed by atoms with van der Waals surface area (Å²) in [4.78, 5) is 13.1. The number of carbonyl (C=O) groups is 1. The van der Waals surface area contributed by atoms with E-state index in [0.29, 0.717) is 0 Å². The number of fused-ring (bicyclic) bond motifs is 1. The van der Waals surface area contributed by atoms with Crippen molar-refractivity contribution in [3.05, 3.63) is 36.0 Å². The largest absolute Gasteiger partial charge is 0.382 e. The lowest BCUT2D eigenvalue weighted by molar-refractivity contribution is -0.0979. The molecule has 1 aliphatic heterocycles. The number of nitrogens with one attached hydrogen (secondary N) is 1. The topological polar surface area (TPSA) is 38.3 Å². The average molecular weight is 163 g/mol. The predicted octanol–water partition coefficient (Wildman–Crippen LogP) is 1.37. The molecule has 0 radical (unpaired) electrons. The van der Waals surface area contributed by atoms with Crippen molar-refractivity contribution in [3.63, 3.8) is 0 Å². The first-order chi connectivity index (χ1) is 5.97. The van der Waals surface area contributed by atoms with Crippen molar-refractivity contribution < 1.29 is 9.63 Å². The van der Waals surface area contributed by atoms with Crippen LogP contribution in [-0.2, 0) is 4.79 Å². The van der Waals surface area contributed by atoms with E-state index in [4.69, 9.17) is 9.63 Å². The molecule has 0 fully saturated rings. The van der Waals surface area contributed by atoms with E-state index in [1.54, 1.807) is 6.20 Å². The summed E-state index contributed by atoms with van der Waals surface area (Å²) in [5, 5.41) is 0. The van der Waals surface area contributed by atoms with Gasteiger partial charge in [0, 0.05) is 11.8 Å². The molecule has 0 saturated heterocycles. The van der Waals surface area contributed by atoms with Crippen LogP contribution >= 0.6 is 0 Å². The summed E-state index contributed by atoms with van der Waals surface area (Å²) in [5.41, 5.74) is 3.77. The average Bonchev–Trinajstić information content (AvgIpc) is 2.21. The van der Waals surface area contributed by atoms with Crippen LogP contribution < -0.4 is 10.3 Å². The fourth-order valence-corrected chi connectivity index (χ4v) is 0.932. The minimum absolute atomic E-state index is 0.880. The van der Waals surface area contributed by atoms with Crippen LogP contribution in [0.25, 0.3) is 6.08 Å². The number of para-hydroxylation sites is 1. The third-order valence-electron chi connectivity index (χ3n) is 1.42. The monoisotopic (exact) mass is 163 g/mol. The summed E-state index contributed by atoms with van der Waals surface area (Å²) < 4.78 is 0. The van der Waals surface area contributed by atoms with Gasteiger partial charge >= 0.3 is 0 Å². The Labute approximate surface area is 70.6 Å². The zero-order valence-electron chi connectivity index (χ0n) is 6.49. The van der Waals surface area contributed by atoms with Crippen molar-refractivity contribution in [2.75, 3.05) is 0 Å². The number of hydrogen-bond acceptors (Lipinski definition) is 3. The van der Waals surface area contributed by atoms with Gasteiger partial charge in [0.05, 0.1) is 0 Å². The summed E-state index contributed by atoms with van der Waals surface area (Å²) in [6, 6.07) is 7.86. The summed E-state index contributed by atoms with van der Waals surface area (Å²) in [5.74, 6) is 0.880. The number of carbonyl (C=O) groups excluding carboxylic acids is 1. The van der Waals surface area contributed by atoms with Gasteiger partial charge in [0.2, 0.25) is 0 Å². The Bertz CT molecular complexity index is 284. The molecule has 1 heterocycles. The zero-order valence-corrected chi connectivity index (χ0v) is 6.49. The molecule has 0 bridgehead atoms. The molecule has 1 aromatic carbocycles. The van der Waals surface area contributed by atoms with Crippen molar-refractivity contribution in [1.82, 2.24) is 5.48 Å². The molecule has 0 saturated carbocycles. The molecule has 0 amide bonds. The molecule has 2 rings (SSSR count). The first-order valence-corrected chi connectivity index (χ1v) is 3.43.